The summed E-state index contributed by atoms with van der Waals surface area (Å²) in [7, 11) is 0. The average molecular weight is 249 g/mol. The van der Waals surface area contributed by atoms with E-state index in [1.807, 2.05) is 25.3 Å². The van der Waals surface area contributed by atoms with E-state index >= 15 is 0 Å². The van der Waals surface area contributed by atoms with Gasteiger partial charge in [0.2, 0.25) is 0 Å². The van der Waals surface area contributed by atoms with Gasteiger partial charge in [-0.05, 0) is 45.2 Å². The molecule has 18 heavy (non-hydrogen) atoms. The molecule has 0 spiro atoms. The van der Waals surface area contributed by atoms with Crippen molar-refractivity contribution in [1.82, 2.24) is 4.98 Å². The summed E-state index contributed by atoms with van der Waals surface area (Å²) in [6.45, 7) is 5.75. The molecule has 1 fully saturated rings. The topological polar surface area (TPSA) is 51.4 Å². The zero-order chi connectivity index (χ0) is 13.0. The maximum Gasteiger partial charge on any atom is 0.171 e. The summed E-state index contributed by atoms with van der Waals surface area (Å²) < 4.78 is 5.67. The lowest BCUT2D eigenvalue weighted by Gasteiger charge is -2.39. The summed E-state index contributed by atoms with van der Waals surface area (Å²) in [6, 6.07) is 4.42. The predicted octanol–water partition coefficient (Wildman–Crippen LogP) is 2.19. The molecule has 1 aromatic heterocycles. The van der Waals surface area contributed by atoms with E-state index in [1.54, 1.807) is 0 Å². The highest BCUT2D eigenvalue weighted by Gasteiger charge is 2.28. The van der Waals surface area contributed by atoms with Gasteiger partial charge in [0.1, 0.15) is 0 Å². The molecule has 0 amide bonds. The van der Waals surface area contributed by atoms with Crippen LogP contribution >= 0.6 is 0 Å². The van der Waals surface area contributed by atoms with Gasteiger partial charge in [-0.25, -0.2) is 4.98 Å². The highest BCUT2D eigenvalue weighted by molar-refractivity contribution is 5.53. The molecule has 0 aliphatic carbocycles. The second-order valence-electron chi connectivity index (χ2n) is 4.87. The molecular formula is C14H23N3O. The Morgan fingerprint density at radius 2 is 2.39 bits per heavy atom. The lowest BCUT2D eigenvalue weighted by atomic mass is 9.97. The van der Waals surface area contributed by atoms with Crippen molar-refractivity contribution in [3.63, 3.8) is 0 Å². The molecule has 2 unspecified atom stereocenters. The van der Waals surface area contributed by atoms with Crippen LogP contribution in [0.15, 0.2) is 18.3 Å². The molecule has 2 atom stereocenters. The van der Waals surface area contributed by atoms with Crippen molar-refractivity contribution in [2.75, 3.05) is 18.1 Å². The van der Waals surface area contributed by atoms with E-state index in [4.69, 9.17) is 10.5 Å². The van der Waals surface area contributed by atoms with Gasteiger partial charge >= 0.3 is 0 Å². The Labute approximate surface area is 109 Å². The van der Waals surface area contributed by atoms with Crippen LogP contribution in [0.25, 0.3) is 0 Å². The first-order valence-corrected chi connectivity index (χ1v) is 6.84. The molecule has 0 saturated carbocycles. The number of rotatable bonds is 4. The number of anilines is 1. The molecule has 100 valence electrons. The van der Waals surface area contributed by atoms with Crippen LogP contribution in [-0.4, -0.2) is 30.2 Å². The predicted molar refractivity (Wildman–Crippen MR) is 74.0 cm³/mol. The summed E-state index contributed by atoms with van der Waals surface area (Å²) in [4.78, 5) is 6.82. The molecule has 1 aliphatic rings. The summed E-state index contributed by atoms with van der Waals surface area (Å²) in [6.07, 6.45) is 5.41. The van der Waals surface area contributed by atoms with Gasteiger partial charge in [-0.1, -0.05) is 0 Å². The summed E-state index contributed by atoms with van der Waals surface area (Å²) in [5, 5.41) is 0. The van der Waals surface area contributed by atoms with E-state index in [1.165, 1.54) is 12.8 Å². The summed E-state index contributed by atoms with van der Waals surface area (Å²) in [5.41, 5.74) is 6.11. The zero-order valence-corrected chi connectivity index (χ0v) is 11.3. The minimum atomic E-state index is 0.154. The molecule has 2 N–H and O–H groups in total. The smallest absolute Gasteiger partial charge is 0.171 e. The van der Waals surface area contributed by atoms with E-state index in [0.717, 1.165) is 24.5 Å². The second-order valence-corrected chi connectivity index (χ2v) is 4.87. The first kappa shape index (κ1) is 13.1. The fourth-order valence-electron chi connectivity index (χ4n) is 2.63. The van der Waals surface area contributed by atoms with Gasteiger partial charge in [0.15, 0.2) is 11.6 Å². The highest BCUT2D eigenvalue weighted by Crippen LogP contribution is 2.31. The minimum Gasteiger partial charge on any atom is -0.490 e. The van der Waals surface area contributed by atoms with Gasteiger partial charge in [-0.2, -0.15) is 0 Å². The van der Waals surface area contributed by atoms with Crippen molar-refractivity contribution in [3.8, 4) is 5.75 Å². The molecule has 4 heteroatoms. The van der Waals surface area contributed by atoms with Crippen LogP contribution < -0.4 is 15.4 Å². The molecule has 1 saturated heterocycles. The Morgan fingerprint density at radius 3 is 3.11 bits per heavy atom. The van der Waals surface area contributed by atoms with Crippen molar-refractivity contribution in [1.29, 1.82) is 0 Å². The van der Waals surface area contributed by atoms with Crippen molar-refractivity contribution in [2.45, 2.75) is 45.2 Å². The lowest BCUT2D eigenvalue weighted by Crippen LogP contribution is -2.49. The number of hydrogen-bond acceptors (Lipinski definition) is 4. The van der Waals surface area contributed by atoms with Crippen molar-refractivity contribution < 1.29 is 4.74 Å². The molecule has 0 bridgehead atoms. The zero-order valence-electron chi connectivity index (χ0n) is 11.3. The fraction of sp³-hybridized carbons (Fsp3) is 0.643. The number of nitrogens with zero attached hydrogens (tertiary/aromatic N) is 2. The van der Waals surface area contributed by atoms with Crippen molar-refractivity contribution >= 4 is 5.82 Å². The SMILES string of the molecule is CCOc1cccnc1N1CCCCC1C(C)N. The Balaban J connectivity index is 2.27. The molecule has 1 aromatic rings. The first-order valence-electron chi connectivity index (χ1n) is 6.84. The van der Waals surface area contributed by atoms with Gasteiger partial charge in [0, 0.05) is 24.8 Å². The van der Waals surface area contributed by atoms with Gasteiger partial charge < -0.3 is 15.4 Å². The van der Waals surface area contributed by atoms with Gasteiger partial charge in [-0.15, -0.1) is 0 Å². The van der Waals surface area contributed by atoms with Crippen LogP contribution in [0, 0.1) is 0 Å². The molecule has 1 aliphatic heterocycles. The third-order valence-corrected chi connectivity index (χ3v) is 3.48. The molecule has 2 heterocycles. The first-order chi connectivity index (χ1) is 8.74. The molecule has 0 aromatic carbocycles. The van der Waals surface area contributed by atoms with E-state index in [2.05, 4.69) is 16.8 Å². The number of pyridine rings is 1. The third-order valence-electron chi connectivity index (χ3n) is 3.48. The van der Waals surface area contributed by atoms with Gasteiger partial charge in [0.25, 0.3) is 0 Å². The van der Waals surface area contributed by atoms with E-state index in [9.17, 15) is 0 Å². The number of piperidine rings is 1. The monoisotopic (exact) mass is 249 g/mol. The van der Waals surface area contributed by atoms with Crippen LogP contribution in [-0.2, 0) is 0 Å². The van der Waals surface area contributed by atoms with Crippen molar-refractivity contribution in [2.24, 2.45) is 5.73 Å². The van der Waals surface area contributed by atoms with E-state index in [-0.39, 0.29) is 6.04 Å². The second kappa shape index (κ2) is 6.05. The fourth-order valence-corrected chi connectivity index (χ4v) is 2.63. The molecule has 0 radical (unpaired) electrons. The summed E-state index contributed by atoms with van der Waals surface area (Å²) >= 11 is 0. The Hall–Kier alpha value is -1.29. The largest absolute Gasteiger partial charge is 0.490 e. The minimum absolute atomic E-state index is 0.154. The Bertz CT molecular complexity index is 381. The van der Waals surface area contributed by atoms with Gasteiger partial charge in [0.05, 0.1) is 6.61 Å². The third kappa shape index (κ3) is 2.75. The quantitative estimate of drug-likeness (QED) is 0.888. The lowest BCUT2D eigenvalue weighted by molar-refractivity contribution is 0.333. The maximum atomic E-state index is 6.11. The Kier molecular flexibility index (Phi) is 4.42. The van der Waals surface area contributed by atoms with Gasteiger partial charge in [-0.3, -0.25) is 0 Å². The average Bonchev–Trinajstić information content (AvgIpc) is 2.40. The number of aromatic nitrogens is 1. The van der Waals surface area contributed by atoms with Crippen LogP contribution in [0.1, 0.15) is 33.1 Å². The number of ether oxygens (including phenoxy) is 1. The molecule has 4 nitrogen and oxygen atoms in total. The standard InChI is InChI=1S/C14H23N3O/c1-3-18-13-8-6-9-16-14(13)17-10-5-4-7-12(17)11(2)15/h6,8-9,11-12H,3-5,7,10,15H2,1-2H3. The van der Waals surface area contributed by atoms with E-state index < -0.39 is 0 Å². The molecule has 2 rings (SSSR count). The Morgan fingerprint density at radius 1 is 1.56 bits per heavy atom. The maximum absolute atomic E-state index is 6.11. The number of hydrogen-bond donors (Lipinski definition) is 1. The van der Waals surface area contributed by atoms with Crippen LogP contribution in [0.4, 0.5) is 5.82 Å². The van der Waals surface area contributed by atoms with E-state index in [0.29, 0.717) is 12.6 Å². The molecular weight excluding hydrogens is 226 g/mol. The van der Waals surface area contributed by atoms with Crippen LogP contribution in [0.5, 0.6) is 5.75 Å². The number of nitrogens with two attached hydrogens (primary N) is 1. The normalized spacial score (nSPS) is 21.7. The van der Waals surface area contributed by atoms with Crippen LogP contribution in [0.3, 0.4) is 0 Å². The van der Waals surface area contributed by atoms with Crippen molar-refractivity contribution in [3.05, 3.63) is 18.3 Å². The summed E-state index contributed by atoms with van der Waals surface area (Å²) in [5.74, 6) is 1.81. The van der Waals surface area contributed by atoms with Crippen LogP contribution in [0.2, 0.25) is 0 Å². The highest BCUT2D eigenvalue weighted by atomic mass is 16.5.